The van der Waals surface area contributed by atoms with Gasteiger partial charge in [0.2, 0.25) is 5.78 Å². The molecule has 0 bridgehead atoms. The van der Waals surface area contributed by atoms with Gasteiger partial charge in [0, 0.05) is 10.0 Å². The number of benzene rings is 2. The summed E-state index contributed by atoms with van der Waals surface area (Å²) in [6, 6.07) is 13.2. The fourth-order valence-corrected chi connectivity index (χ4v) is 2.58. The molecule has 1 heterocycles. The van der Waals surface area contributed by atoms with Crippen LogP contribution < -0.4 is 5.63 Å². The van der Waals surface area contributed by atoms with E-state index >= 15 is 0 Å². The molecule has 0 aliphatic heterocycles. The molecule has 3 aromatic rings. The van der Waals surface area contributed by atoms with Crippen LogP contribution in [0.1, 0.15) is 15.9 Å². The molecule has 2 aromatic carbocycles. The quantitative estimate of drug-likeness (QED) is 0.570. The number of halogens is 1. The second-order valence-electron chi connectivity index (χ2n) is 4.42. The first-order valence-electron chi connectivity index (χ1n) is 6.13. The summed E-state index contributed by atoms with van der Waals surface area (Å²) in [7, 11) is 0. The Labute approximate surface area is 127 Å². The van der Waals surface area contributed by atoms with Crippen molar-refractivity contribution in [3.8, 4) is 5.75 Å². The van der Waals surface area contributed by atoms with Crippen molar-refractivity contribution in [1.82, 2.24) is 0 Å². The van der Waals surface area contributed by atoms with Crippen LogP contribution in [-0.4, -0.2) is 10.9 Å². The van der Waals surface area contributed by atoms with E-state index in [0.717, 1.165) is 0 Å². The second-order valence-corrected chi connectivity index (χ2v) is 5.27. The van der Waals surface area contributed by atoms with Crippen molar-refractivity contribution in [3.63, 3.8) is 0 Å². The van der Waals surface area contributed by atoms with Crippen LogP contribution in [0.25, 0.3) is 11.0 Å². The predicted molar refractivity (Wildman–Crippen MR) is 81.7 cm³/mol. The minimum Gasteiger partial charge on any atom is -0.506 e. The fourth-order valence-electron chi connectivity index (χ4n) is 2.11. The molecule has 5 heteroatoms. The molecule has 3 rings (SSSR count). The minimum atomic E-state index is -0.855. The molecule has 0 aliphatic carbocycles. The molecule has 1 N–H and O–H groups in total. The van der Waals surface area contributed by atoms with Crippen LogP contribution >= 0.6 is 15.9 Å². The van der Waals surface area contributed by atoms with Gasteiger partial charge in [0.05, 0.1) is 5.39 Å². The van der Waals surface area contributed by atoms with E-state index in [1.165, 1.54) is 0 Å². The molecule has 0 unspecified atom stereocenters. The predicted octanol–water partition coefficient (Wildman–Crippen LogP) is 3.49. The Morgan fingerprint density at radius 1 is 1.05 bits per heavy atom. The summed E-state index contributed by atoms with van der Waals surface area (Å²) in [6.45, 7) is 0. The van der Waals surface area contributed by atoms with Crippen molar-refractivity contribution in [3.05, 3.63) is 74.6 Å². The molecule has 0 radical (unpaired) electrons. The van der Waals surface area contributed by atoms with E-state index in [-0.39, 0.29) is 22.5 Å². The van der Waals surface area contributed by atoms with Gasteiger partial charge in [0.25, 0.3) is 0 Å². The highest BCUT2D eigenvalue weighted by Crippen LogP contribution is 2.29. The Hall–Kier alpha value is -2.40. The first-order valence-corrected chi connectivity index (χ1v) is 6.93. The van der Waals surface area contributed by atoms with Crippen LogP contribution in [0.15, 0.2) is 62.2 Å². The molecular weight excluding hydrogens is 336 g/mol. The Morgan fingerprint density at radius 2 is 1.71 bits per heavy atom. The monoisotopic (exact) mass is 344 g/mol. The summed E-state index contributed by atoms with van der Waals surface area (Å²) in [5, 5.41) is 10.6. The molecule has 0 spiro atoms. The lowest BCUT2D eigenvalue weighted by molar-refractivity contribution is 0.103. The zero-order chi connectivity index (χ0) is 15.0. The van der Waals surface area contributed by atoms with Crippen LogP contribution in [0.3, 0.4) is 0 Å². The molecule has 0 aliphatic rings. The van der Waals surface area contributed by atoms with Gasteiger partial charge in [-0.3, -0.25) is 4.79 Å². The number of fused-ring (bicyclic) bond motifs is 1. The first kappa shape index (κ1) is 13.6. The van der Waals surface area contributed by atoms with E-state index in [2.05, 4.69) is 15.9 Å². The van der Waals surface area contributed by atoms with Gasteiger partial charge in [-0.05, 0) is 24.3 Å². The van der Waals surface area contributed by atoms with Crippen molar-refractivity contribution in [2.24, 2.45) is 0 Å². The third-order valence-corrected chi connectivity index (χ3v) is 3.82. The lowest BCUT2D eigenvalue weighted by Gasteiger charge is -2.06. The maximum atomic E-state index is 12.5. The molecule has 4 nitrogen and oxygen atoms in total. The van der Waals surface area contributed by atoms with Crippen LogP contribution in [-0.2, 0) is 0 Å². The summed E-state index contributed by atoms with van der Waals surface area (Å²) in [4.78, 5) is 24.5. The Morgan fingerprint density at radius 3 is 2.48 bits per heavy atom. The summed E-state index contributed by atoms with van der Waals surface area (Å²) in [5.74, 6) is -0.943. The smallest absolute Gasteiger partial charge is 0.351 e. The summed E-state index contributed by atoms with van der Waals surface area (Å²) in [5.41, 5.74) is -0.688. The molecule has 0 saturated carbocycles. The molecular formula is C16H9BrO4. The van der Waals surface area contributed by atoms with Gasteiger partial charge in [0.15, 0.2) is 5.56 Å². The molecule has 0 fully saturated rings. The Bertz CT molecular complexity index is 912. The van der Waals surface area contributed by atoms with Crippen molar-refractivity contribution < 1.29 is 14.3 Å². The zero-order valence-electron chi connectivity index (χ0n) is 10.7. The Kier molecular flexibility index (Phi) is 3.35. The summed E-state index contributed by atoms with van der Waals surface area (Å²) < 4.78 is 5.65. The third-order valence-electron chi connectivity index (χ3n) is 3.13. The normalized spacial score (nSPS) is 10.7. The zero-order valence-corrected chi connectivity index (χ0v) is 12.3. The summed E-state index contributed by atoms with van der Waals surface area (Å²) in [6.07, 6.45) is 0. The van der Waals surface area contributed by atoms with E-state index in [1.807, 2.05) is 0 Å². The van der Waals surface area contributed by atoms with E-state index in [9.17, 15) is 14.7 Å². The fraction of sp³-hybridized carbons (Fsp3) is 0. The number of ketones is 1. The lowest BCUT2D eigenvalue weighted by atomic mass is 10.0. The minimum absolute atomic E-state index is 0.240. The molecule has 1 aromatic heterocycles. The van der Waals surface area contributed by atoms with Crippen molar-refractivity contribution in [2.45, 2.75) is 0 Å². The van der Waals surface area contributed by atoms with Gasteiger partial charge in [-0.15, -0.1) is 0 Å². The molecule has 0 amide bonds. The average molecular weight is 345 g/mol. The maximum Gasteiger partial charge on any atom is 0.351 e. The highest BCUT2D eigenvalue weighted by Gasteiger charge is 2.23. The number of aromatic hydroxyl groups is 1. The van der Waals surface area contributed by atoms with E-state index in [0.29, 0.717) is 9.86 Å². The lowest BCUT2D eigenvalue weighted by Crippen LogP contribution is -2.15. The van der Waals surface area contributed by atoms with Crippen LogP contribution in [0.4, 0.5) is 0 Å². The van der Waals surface area contributed by atoms with E-state index in [1.54, 1.807) is 48.5 Å². The Balaban J connectivity index is 2.28. The van der Waals surface area contributed by atoms with Crippen molar-refractivity contribution in [2.75, 3.05) is 0 Å². The highest BCUT2D eigenvalue weighted by atomic mass is 79.9. The standard InChI is InChI=1S/C16H9BrO4/c17-11-7-3-1-5-9(11)14(18)13-15(19)10-6-2-4-8-12(10)21-16(13)20/h1-8,19H. The van der Waals surface area contributed by atoms with E-state index in [4.69, 9.17) is 4.42 Å². The van der Waals surface area contributed by atoms with Crippen LogP contribution in [0.2, 0.25) is 0 Å². The number of carbonyl (C=O) groups is 1. The average Bonchev–Trinajstić information content (AvgIpc) is 2.47. The van der Waals surface area contributed by atoms with Crippen LogP contribution in [0.5, 0.6) is 5.75 Å². The van der Waals surface area contributed by atoms with Gasteiger partial charge >= 0.3 is 5.63 Å². The number of hydrogen-bond acceptors (Lipinski definition) is 4. The first-order chi connectivity index (χ1) is 10.1. The van der Waals surface area contributed by atoms with Gasteiger partial charge in [-0.2, -0.15) is 0 Å². The molecule has 0 atom stereocenters. The van der Waals surface area contributed by atoms with Gasteiger partial charge in [0.1, 0.15) is 11.3 Å². The SMILES string of the molecule is O=C(c1ccccc1Br)c1c(O)c2ccccc2oc1=O. The number of carbonyl (C=O) groups excluding carboxylic acids is 1. The molecule has 21 heavy (non-hydrogen) atoms. The van der Waals surface area contributed by atoms with Gasteiger partial charge in [-0.1, -0.05) is 40.2 Å². The summed E-state index contributed by atoms with van der Waals surface area (Å²) >= 11 is 3.26. The maximum absolute atomic E-state index is 12.5. The number of hydrogen-bond donors (Lipinski definition) is 1. The highest BCUT2D eigenvalue weighted by molar-refractivity contribution is 9.10. The van der Waals surface area contributed by atoms with Gasteiger partial charge in [-0.25, -0.2) is 4.79 Å². The largest absolute Gasteiger partial charge is 0.506 e. The van der Waals surface area contributed by atoms with Crippen molar-refractivity contribution >= 4 is 32.7 Å². The topological polar surface area (TPSA) is 67.5 Å². The number of para-hydroxylation sites is 1. The third kappa shape index (κ3) is 2.25. The number of rotatable bonds is 2. The molecule has 104 valence electrons. The van der Waals surface area contributed by atoms with Crippen LogP contribution in [0, 0.1) is 0 Å². The van der Waals surface area contributed by atoms with Crippen molar-refractivity contribution in [1.29, 1.82) is 0 Å². The van der Waals surface area contributed by atoms with E-state index < -0.39 is 11.4 Å². The molecule has 0 saturated heterocycles. The van der Waals surface area contributed by atoms with Gasteiger partial charge < -0.3 is 9.52 Å². The second kappa shape index (κ2) is 5.18.